The lowest BCUT2D eigenvalue weighted by Crippen LogP contribution is -2.41. The quantitative estimate of drug-likeness (QED) is 0.601. The Kier molecular flexibility index (Phi) is 8.38. The number of rotatable bonds is 9. The molecule has 6 nitrogen and oxygen atoms in total. The number of hydrogen-bond donors (Lipinski definition) is 0. The first-order chi connectivity index (χ1) is 13.0. The number of amides is 1. The minimum atomic E-state index is -0.130. The summed E-state index contributed by atoms with van der Waals surface area (Å²) in [7, 11) is 5.34. The largest absolute Gasteiger partial charge is 0.496 e. The highest BCUT2D eigenvalue weighted by Gasteiger charge is 2.19. The topological polar surface area (TPSA) is 59.1 Å². The van der Waals surface area contributed by atoms with Crippen molar-refractivity contribution in [3.05, 3.63) is 29.1 Å². The van der Waals surface area contributed by atoms with Gasteiger partial charge < -0.3 is 19.3 Å². The van der Waals surface area contributed by atoms with Crippen LogP contribution in [0.3, 0.4) is 0 Å². The van der Waals surface area contributed by atoms with E-state index >= 15 is 0 Å². The molecular weight excluding hydrogens is 368 g/mol. The Morgan fingerprint density at radius 1 is 1.22 bits per heavy atom. The van der Waals surface area contributed by atoms with Crippen molar-refractivity contribution >= 4 is 23.8 Å². The number of hydrogen-bond acceptors (Lipinski definition) is 5. The first-order valence-electron chi connectivity index (χ1n) is 9.17. The van der Waals surface area contributed by atoms with Crippen LogP contribution in [-0.2, 0) is 4.79 Å². The van der Waals surface area contributed by atoms with Gasteiger partial charge >= 0.3 is 0 Å². The highest BCUT2D eigenvalue weighted by Crippen LogP contribution is 2.32. The van der Waals surface area contributed by atoms with E-state index in [2.05, 4.69) is 18.4 Å². The summed E-state index contributed by atoms with van der Waals surface area (Å²) in [5.41, 5.74) is 0.335. The fourth-order valence-electron chi connectivity index (χ4n) is 3.14. The van der Waals surface area contributed by atoms with Crippen LogP contribution in [0.15, 0.2) is 12.1 Å². The molecule has 7 heteroatoms. The van der Waals surface area contributed by atoms with Gasteiger partial charge in [0.1, 0.15) is 11.5 Å². The third kappa shape index (κ3) is 6.11. The Balaban J connectivity index is 1.83. The molecule has 1 aliphatic rings. The lowest BCUT2D eigenvalue weighted by Gasteiger charge is -2.32. The van der Waals surface area contributed by atoms with E-state index in [1.165, 1.54) is 44.9 Å². The van der Waals surface area contributed by atoms with Crippen molar-refractivity contribution in [1.82, 2.24) is 9.80 Å². The number of methoxy groups -OCH3 is 1. The molecule has 0 heterocycles. The summed E-state index contributed by atoms with van der Waals surface area (Å²) in [6.45, 7) is 1.34. The lowest BCUT2D eigenvalue weighted by molar-refractivity contribution is -0.132. The van der Waals surface area contributed by atoms with Crippen LogP contribution in [0.25, 0.3) is 0 Å². The second kappa shape index (κ2) is 10.5. The molecule has 0 unspecified atom stereocenters. The first-order valence-corrected chi connectivity index (χ1v) is 9.55. The van der Waals surface area contributed by atoms with Crippen LogP contribution in [-0.4, -0.2) is 68.9 Å². The van der Waals surface area contributed by atoms with Crippen molar-refractivity contribution in [2.75, 3.05) is 40.9 Å². The molecule has 0 aliphatic heterocycles. The number of aldehydes is 1. The number of halogens is 1. The molecule has 0 atom stereocenters. The summed E-state index contributed by atoms with van der Waals surface area (Å²) in [6.07, 6.45) is 7.73. The Labute approximate surface area is 166 Å². The van der Waals surface area contributed by atoms with Crippen molar-refractivity contribution < 1.29 is 19.1 Å². The van der Waals surface area contributed by atoms with Gasteiger partial charge in [-0.25, -0.2) is 0 Å². The fourth-order valence-corrected chi connectivity index (χ4v) is 3.37. The van der Waals surface area contributed by atoms with Crippen LogP contribution in [0.2, 0.25) is 5.02 Å². The van der Waals surface area contributed by atoms with Gasteiger partial charge in [0.15, 0.2) is 12.9 Å². The summed E-state index contributed by atoms with van der Waals surface area (Å²) < 4.78 is 10.7. The molecule has 1 amide bonds. The highest BCUT2D eigenvalue weighted by molar-refractivity contribution is 6.32. The molecule has 27 heavy (non-hydrogen) atoms. The molecule has 2 rings (SSSR count). The molecule has 1 saturated carbocycles. The average molecular weight is 396 g/mol. The van der Waals surface area contributed by atoms with E-state index in [9.17, 15) is 9.59 Å². The smallest absolute Gasteiger partial charge is 0.260 e. The minimum Gasteiger partial charge on any atom is -0.496 e. The Bertz CT molecular complexity index is 647. The number of likely N-dealkylation sites (N-methyl/N-ethyl adjacent to an activating group) is 2. The summed E-state index contributed by atoms with van der Waals surface area (Å²) in [6, 6.07) is 3.58. The van der Waals surface area contributed by atoms with E-state index in [1.807, 2.05) is 0 Å². The van der Waals surface area contributed by atoms with Crippen molar-refractivity contribution in [1.29, 1.82) is 0 Å². The van der Waals surface area contributed by atoms with Crippen LogP contribution in [0.1, 0.15) is 36.0 Å². The van der Waals surface area contributed by atoms with Gasteiger partial charge in [-0.05, 0) is 45.2 Å². The second-order valence-corrected chi connectivity index (χ2v) is 7.23. The molecule has 0 bridgehead atoms. The number of carbonyl (C=O) groups is 2. The van der Waals surface area contributed by atoms with E-state index in [0.717, 1.165) is 6.54 Å². The third-order valence-corrected chi connectivity index (χ3v) is 5.30. The predicted octanol–water partition coefficient (Wildman–Crippen LogP) is 3.08. The molecular formula is C20H28ClN2O4. The third-order valence-electron chi connectivity index (χ3n) is 5.01. The molecule has 0 N–H and O–H groups in total. The molecule has 0 aromatic heterocycles. The molecule has 1 radical (unpaired) electrons. The molecule has 0 saturated heterocycles. The molecule has 0 spiro atoms. The summed E-state index contributed by atoms with van der Waals surface area (Å²) >= 11 is 6.12. The van der Waals surface area contributed by atoms with E-state index in [0.29, 0.717) is 35.9 Å². The minimum absolute atomic E-state index is 0.123. The van der Waals surface area contributed by atoms with Gasteiger partial charge in [-0.2, -0.15) is 0 Å². The van der Waals surface area contributed by atoms with Crippen molar-refractivity contribution in [2.45, 2.75) is 31.7 Å². The maximum atomic E-state index is 12.3. The molecule has 1 aromatic rings. The monoisotopic (exact) mass is 395 g/mol. The molecule has 1 fully saturated rings. The second-order valence-electron chi connectivity index (χ2n) is 6.82. The number of ether oxygens (including phenoxy) is 2. The van der Waals surface area contributed by atoms with E-state index < -0.39 is 0 Å². The zero-order valence-corrected chi connectivity index (χ0v) is 17.0. The Hall–Kier alpha value is -1.79. The van der Waals surface area contributed by atoms with Crippen LogP contribution in [0, 0.1) is 6.42 Å². The highest BCUT2D eigenvalue weighted by atomic mass is 35.5. The van der Waals surface area contributed by atoms with Crippen LogP contribution in [0.5, 0.6) is 11.5 Å². The standard InChI is InChI=1S/C20H28ClN2O4/c1-22(16-7-5-4-6-8-16)9-10-23(2)20(25)14-27-19-12-18(26-3)15(13-24)11-17(19)21/h4,11-13,16H,5-10,14H2,1-3H3. The van der Waals surface area contributed by atoms with Gasteiger partial charge in [0.2, 0.25) is 0 Å². The van der Waals surface area contributed by atoms with E-state index in [4.69, 9.17) is 21.1 Å². The SMILES string of the molecule is COc1cc(OCC(=O)N(C)CCN(C)C2CC[CH]CC2)c(Cl)cc1C=O. The van der Waals surface area contributed by atoms with E-state index in [-0.39, 0.29) is 17.5 Å². The van der Waals surface area contributed by atoms with Crippen LogP contribution < -0.4 is 9.47 Å². The van der Waals surface area contributed by atoms with Gasteiger partial charge in [0, 0.05) is 32.2 Å². The molecule has 149 valence electrons. The predicted molar refractivity (Wildman–Crippen MR) is 106 cm³/mol. The van der Waals surface area contributed by atoms with Gasteiger partial charge in [0.05, 0.1) is 17.7 Å². The van der Waals surface area contributed by atoms with Gasteiger partial charge in [-0.3, -0.25) is 9.59 Å². The van der Waals surface area contributed by atoms with E-state index in [1.54, 1.807) is 11.9 Å². The lowest BCUT2D eigenvalue weighted by atomic mass is 9.94. The number of carbonyl (C=O) groups excluding carboxylic acids is 2. The van der Waals surface area contributed by atoms with Gasteiger partial charge in [-0.1, -0.05) is 11.6 Å². The molecule has 1 aliphatic carbocycles. The zero-order chi connectivity index (χ0) is 19.8. The summed E-state index contributed by atoms with van der Waals surface area (Å²) in [5.74, 6) is 0.544. The van der Waals surface area contributed by atoms with Gasteiger partial charge in [-0.15, -0.1) is 0 Å². The number of nitrogens with zero attached hydrogens (tertiary/aromatic N) is 2. The summed E-state index contributed by atoms with van der Waals surface area (Å²) in [5, 5.41) is 0.266. The average Bonchev–Trinajstić information content (AvgIpc) is 2.70. The fraction of sp³-hybridized carbons (Fsp3) is 0.550. The van der Waals surface area contributed by atoms with Crippen molar-refractivity contribution in [2.24, 2.45) is 0 Å². The van der Waals surface area contributed by atoms with Crippen LogP contribution >= 0.6 is 11.6 Å². The molecule has 1 aromatic carbocycles. The first kappa shape index (κ1) is 21.5. The van der Waals surface area contributed by atoms with Crippen molar-refractivity contribution in [3.8, 4) is 11.5 Å². The number of benzene rings is 1. The maximum absolute atomic E-state index is 12.3. The zero-order valence-electron chi connectivity index (χ0n) is 16.2. The maximum Gasteiger partial charge on any atom is 0.260 e. The Morgan fingerprint density at radius 2 is 1.93 bits per heavy atom. The Morgan fingerprint density at radius 3 is 2.56 bits per heavy atom. The van der Waals surface area contributed by atoms with Gasteiger partial charge in [0.25, 0.3) is 5.91 Å². The normalized spacial score (nSPS) is 14.9. The summed E-state index contributed by atoms with van der Waals surface area (Å²) in [4.78, 5) is 27.3. The van der Waals surface area contributed by atoms with Crippen LogP contribution in [0.4, 0.5) is 0 Å². The van der Waals surface area contributed by atoms with Crippen molar-refractivity contribution in [3.63, 3.8) is 0 Å².